The molecule has 22 aromatic rings. The molecule has 0 N–H and O–H groups in total. The molecule has 444 valence electrons. The molecule has 0 amide bonds. The molecule has 0 bridgehead atoms. The minimum atomic E-state index is 0.619. The Morgan fingerprint density at radius 1 is 0.250 bits per heavy atom. The smallest absolute Gasteiger partial charge is 0.236 e. The van der Waals surface area contributed by atoms with Gasteiger partial charge in [-0.15, -0.1) is 11.3 Å². The lowest BCUT2D eigenvalue weighted by Crippen LogP contribution is -2.03. The van der Waals surface area contributed by atoms with Gasteiger partial charge in [0.1, 0.15) is 16.8 Å². The minimum absolute atomic E-state index is 0.619. The second-order valence-corrected chi connectivity index (χ2v) is 26.2. The molecule has 0 fully saturated rings. The van der Waals surface area contributed by atoms with Gasteiger partial charge < -0.3 is 4.42 Å². The number of nitrogens with zero attached hydrogens (tertiary/aromatic N) is 6. The van der Waals surface area contributed by atoms with Gasteiger partial charge in [-0.2, -0.15) is 0 Å². The maximum atomic E-state index is 6.58. The summed E-state index contributed by atoms with van der Waals surface area (Å²) in [5, 5.41) is 26.6. The van der Waals surface area contributed by atoms with Crippen LogP contribution in [0.3, 0.4) is 0 Å². The molecule has 16 aromatic carbocycles. The van der Waals surface area contributed by atoms with Crippen LogP contribution in [0.5, 0.6) is 0 Å². The highest BCUT2D eigenvalue weighted by atomic mass is 32.1. The molecule has 0 unspecified atom stereocenters. The van der Waals surface area contributed by atoms with E-state index in [1.807, 2.05) is 18.2 Å². The Balaban J connectivity index is 0.000000127. The molecule has 96 heavy (non-hydrogen) atoms. The normalized spacial score (nSPS) is 12.2. The third kappa shape index (κ3) is 7.82. The predicted molar refractivity (Wildman–Crippen MR) is 404 cm³/mol. The third-order valence-corrected chi connectivity index (χ3v) is 21.1. The lowest BCUT2D eigenvalue weighted by Gasteiger charge is -2.13. The minimum Gasteiger partial charge on any atom is -0.452 e. The van der Waals surface area contributed by atoms with E-state index in [0.29, 0.717) is 17.5 Å². The van der Waals surface area contributed by atoms with Gasteiger partial charge in [-0.25, -0.2) is 19.9 Å². The van der Waals surface area contributed by atoms with Gasteiger partial charge >= 0.3 is 0 Å². The monoisotopic (exact) mass is 1240 g/mol. The summed E-state index contributed by atoms with van der Waals surface area (Å²) in [5.74, 6) is 1.31. The van der Waals surface area contributed by atoms with Crippen molar-refractivity contribution in [2.24, 2.45) is 0 Å². The quantitative estimate of drug-likeness (QED) is 0.164. The van der Waals surface area contributed by atoms with Gasteiger partial charge in [-0.05, 0) is 153 Å². The van der Waals surface area contributed by atoms with Crippen LogP contribution in [0.4, 0.5) is 0 Å². The van der Waals surface area contributed by atoms with Gasteiger partial charge in [0.05, 0.1) is 38.0 Å². The Hall–Kier alpha value is -12.6. The summed E-state index contributed by atoms with van der Waals surface area (Å²) >= 11 is 1.78. The fourth-order valence-corrected chi connectivity index (χ4v) is 16.8. The molecule has 6 aromatic heterocycles. The van der Waals surface area contributed by atoms with Gasteiger partial charge in [0.25, 0.3) is 0 Å². The van der Waals surface area contributed by atoms with Gasteiger partial charge in [0.2, 0.25) is 11.9 Å². The molecular weight excluding hydrogens is 1190 g/mol. The van der Waals surface area contributed by atoms with Gasteiger partial charge in [0.15, 0.2) is 5.58 Å². The Morgan fingerprint density at radius 3 is 1.11 bits per heavy atom. The average molecular weight is 1240 g/mol. The van der Waals surface area contributed by atoms with E-state index < -0.39 is 0 Å². The van der Waals surface area contributed by atoms with E-state index in [0.717, 1.165) is 76.7 Å². The summed E-state index contributed by atoms with van der Waals surface area (Å²) in [4.78, 5) is 21.6. The molecule has 0 radical (unpaired) electrons. The van der Waals surface area contributed by atoms with Crippen LogP contribution in [0.25, 0.3) is 207 Å². The highest BCUT2D eigenvalue weighted by Gasteiger charge is 2.25. The van der Waals surface area contributed by atoms with Crippen LogP contribution in [0.15, 0.2) is 308 Å². The van der Waals surface area contributed by atoms with Crippen LogP contribution in [-0.4, -0.2) is 29.1 Å². The van der Waals surface area contributed by atoms with E-state index in [1.54, 1.807) is 11.3 Å². The number of hydrogen-bond donors (Lipinski definition) is 0. The largest absolute Gasteiger partial charge is 0.452 e. The van der Waals surface area contributed by atoms with Crippen LogP contribution < -0.4 is 0 Å². The molecule has 0 spiro atoms. The van der Waals surface area contributed by atoms with E-state index >= 15 is 0 Å². The second kappa shape index (κ2) is 20.4. The fourth-order valence-electron chi connectivity index (χ4n) is 15.6. The van der Waals surface area contributed by atoms with Gasteiger partial charge in [-0.1, -0.05) is 237 Å². The Kier molecular flexibility index (Phi) is 11.3. The van der Waals surface area contributed by atoms with Gasteiger partial charge in [0, 0.05) is 48.1 Å². The molecule has 0 aliphatic heterocycles. The summed E-state index contributed by atoms with van der Waals surface area (Å²) in [7, 11) is 0. The maximum absolute atomic E-state index is 6.58. The number of hydrogen-bond acceptors (Lipinski definition) is 6. The molecule has 6 heterocycles. The number of para-hydroxylation sites is 3. The molecule has 0 aliphatic carbocycles. The van der Waals surface area contributed by atoms with Crippen molar-refractivity contribution in [3.05, 3.63) is 303 Å². The Labute approximate surface area is 551 Å². The van der Waals surface area contributed by atoms with Crippen molar-refractivity contribution in [1.82, 2.24) is 29.1 Å². The zero-order chi connectivity index (χ0) is 62.7. The summed E-state index contributed by atoms with van der Waals surface area (Å²) in [6.07, 6.45) is 0. The Bertz CT molecular complexity index is 6620. The molecule has 22 rings (SSSR count). The molecule has 8 heteroatoms. The number of fused-ring (bicyclic) bond motifs is 26. The first-order valence-electron chi connectivity index (χ1n) is 32.5. The number of furan rings is 1. The summed E-state index contributed by atoms with van der Waals surface area (Å²) in [6, 6.07) is 109. The van der Waals surface area contributed by atoms with Crippen molar-refractivity contribution in [3.8, 4) is 34.4 Å². The predicted octanol–water partition coefficient (Wildman–Crippen LogP) is 24.0. The first kappa shape index (κ1) is 52.9. The Morgan fingerprint density at radius 2 is 0.615 bits per heavy atom. The van der Waals surface area contributed by atoms with E-state index in [4.69, 9.17) is 24.4 Å². The zero-order valence-corrected chi connectivity index (χ0v) is 52.2. The highest BCUT2D eigenvalue weighted by Crippen LogP contribution is 2.45. The zero-order valence-electron chi connectivity index (χ0n) is 51.4. The van der Waals surface area contributed by atoms with Crippen LogP contribution in [0.1, 0.15) is 0 Å². The summed E-state index contributed by atoms with van der Waals surface area (Å²) in [6.45, 7) is 0. The van der Waals surface area contributed by atoms with Crippen LogP contribution in [0.2, 0.25) is 0 Å². The van der Waals surface area contributed by atoms with Crippen molar-refractivity contribution in [2.75, 3.05) is 0 Å². The molecule has 7 nitrogen and oxygen atoms in total. The van der Waals surface area contributed by atoms with Crippen LogP contribution >= 0.6 is 11.3 Å². The molecule has 0 atom stereocenters. The molecular formula is C88H50N6OS. The SMILES string of the molecule is c1ccc2cc3c(cc2c1)c1ccccc1n3-c1nc(-c2ccc3c4ccccc4c4ccccc4c3c2)c2oc3ccccc3c2n1.c1ccc2cc3c(cc2c1)c1ccccc1n3-c1nc(-c2ccc3c4ccccc4c4ccccc4c3c2)c2sc3ccccc3c2n1. The third-order valence-electron chi connectivity index (χ3n) is 19.9. The first-order valence-corrected chi connectivity index (χ1v) is 33.3. The van der Waals surface area contributed by atoms with Crippen LogP contribution in [-0.2, 0) is 0 Å². The van der Waals surface area contributed by atoms with Crippen molar-refractivity contribution >= 4 is 183 Å². The summed E-state index contributed by atoms with van der Waals surface area (Å²) < 4.78 is 13.4. The molecule has 0 aliphatic rings. The van der Waals surface area contributed by atoms with E-state index in [-0.39, 0.29) is 0 Å². The second-order valence-electron chi connectivity index (χ2n) is 25.1. The van der Waals surface area contributed by atoms with Crippen molar-refractivity contribution in [1.29, 1.82) is 0 Å². The van der Waals surface area contributed by atoms with Crippen LogP contribution in [0, 0.1) is 0 Å². The highest BCUT2D eigenvalue weighted by molar-refractivity contribution is 7.26. The molecule has 0 saturated carbocycles. The lowest BCUT2D eigenvalue weighted by atomic mass is 9.93. The number of benzene rings is 16. The topological polar surface area (TPSA) is 74.6 Å². The van der Waals surface area contributed by atoms with E-state index in [2.05, 4.69) is 294 Å². The van der Waals surface area contributed by atoms with Gasteiger partial charge in [-0.3, -0.25) is 9.13 Å². The fraction of sp³-hybridized carbons (Fsp3) is 0. The van der Waals surface area contributed by atoms with E-state index in [9.17, 15) is 0 Å². The van der Waals surface area contributed by atoms with Crippen molar-refractivity contribution in [2.45, 2.75) is 0 Å². The average Bonchev–Trinajstić information content (AvgIpc) is 1.51. The molecule has 0 saturated heterocycles. The van der Waals surface area contributed by atoms with Crippen molar-refractivity contribution in [3.63, 3.8) is 0 Å². The van der Waals surface area contributed by atoms with E-state index in [1.165, 1.54) is 112 Å². The lowest BCUT2D eigenvalue weighted by molar-refractivity contribution is 0.666. The number of thiophene rings is 1. The number of aromatic nitrogens is 6. The standard InChI is InChI=1S/C44H25N3O.C44H25N3S/c2*1-2-12-27-25-39-37(23-26(27)11-1)34-17-7-9-19-38(34)47(39)44-45-41(43-42(46-44)35-18-8-10-20-40(35)48-43)28-21-22-33-31-15-4-3-13-29(31)30-14-5-6-16-32(30)36(33)24-28/h2*1-25H. The number of rotatable bonds is 4. The maximum Gasteiger partial charge on any atom is 0.236 e. The summed E-state index contributed by atoms with van der Waals surface area (Å²) in [5.41, 5.74) is 11.4. The first-order chi connectivity index (χ1) is 47.6. The van der Waals surface area contributed by atoms with Crippen molar-refractivity contribution < 1.29 is 4.42 Å².